The maximum Gasteiger partial charge on any atom is 0.0991 e. The van der Waals surface area contributed by atoms with Gasteiger partial charge in [-0.15, -0.1) is 5.73 Å². The Labute approximate surface area is 344 Å². The normalized spacial score (nSPS) is 12.9. The third-order valence-corrected chi connectivity index (χ3v) is 11.6. The van der Waals surface area contributed by atoms with Crippen molar-refractivity contribution >= 4 is 39.3 Å². The van der Waals surface area contributed by atoms with E-state index in [0.29, 0.717) is 5.56 Å². The molecule has 0 spiro atoms. The van der Waals surface area contributed by atoms with Gasteiger partial charge >= 0.3 is 0 Å². The smallest absolute Gasteiger partial charge is 0.0991 e. The van der Waals surface area contributed by atoms with Crippen molar-refractivity contribution in [2.45, 2.75) is 5.41 Å². The average Bonchev–Trinajstić information content (AvgIpc) is 3.81. The highest BCUT2D eigenvalue weighted by molar-refractivity contribution is 6.14. The lowest BCUT2D eigenvalue weighted by Crippen LogP contribution is -2.29. The van der Waals surface area contributed by atoms with E-state index < -0.39 is 5.41 Å². The third-order valence-electron chi connectivity index (χ3n) is 11.6. The summed E-state index contributed by atoms with van der Waals surface area (Å²) in [6.07, 6.45) is 3.92. The van der Waals surface area contributed by atoms with E-state index in [4.69, 9.17) is 4.99 Å². The molecular weight excluding hydrogens is 715 g/mol. The van der Waals surface area contributed by atoms with Gasteiger partial charge in [-0.05, 0) is 75.4 Å². The minimum atomic E-state index is -0.572. The molecule has 1 heterocycles. The molecule has 0 aliphatic heterocycles. The van der Waals surface area contributed by atoms with Crippen molar-refractivity contribution in [3.8, 4) is 22.9 Å². The van der Waals surface area contributed by atoms with E-state index in [9.17, 15) is 5.26 Å². The van der Waals surface area contributed by atoms with Crippen LogP contribution < -0.4 is 0 Å². The molecule has 1 aliphatic carbocycles. The highest BCUT2D eigenvalue weighted by Crippen LogP contribution is 2.59. The molecule has 0 saturated heterocycles. The second kappa shape index (κ2) is 14.8. The zero-order valence-corrected chi connectivity index (χ0v) is 32.3. The van der Waals surface area contributed by atoms with E-state index in [0.717, 1.165) is 39.2 Å². The summed E-state index contributed by atoms with van der Waals surface area (Å²) in [4.78, 5) is 5.13. The van der Waals surface area contributed by atoms with Crippen molar-refractivity contribution in [3.05, 3.63) is 263 Å². The fraction of sp³-hybridized carbons (Fsp3) is 0.0179. The summed E-state index contributed by atoms with van der Waals surface area (Å²) in [5.74, 6) is 0. The first-order valence-electron chi connectivity index (χ1n) is 19.8. The number of nitriles is 1. The van der Waals surface area contributed by atoms with E-state index in [1.54, 1.807) is 6.07 Å². The molecule has 0 atom stereocenters. The molecule has 0 amide bonds. The number of aliphatic imine (C=N–C) groups is 1. The number of hydrogen-bond donors (Lipinski definition) is 0. The number of fused-ring (bicyclic) bond motifs is 7. The summed E-state index contributed by atoms with van der Waals surface area (Å²) in [7, 11) is 0. The molecule has 0 N–H and O–H groups in total. The molecule has 0 unspecified atom stereocenters. The van der Waals surface area contributed by atoms with Crippen LogP contribution in [0.1, 0.15) is 44.5 Å². The van der Waals surface area contributed by atoms with E-state index >= 15 is 0 Å². The van der Waals surface area contributed by atoms with Crippen molar-refractivity contribution < 1.29 is 0 Å². The van der Waals surface area contributed by atoms with Gasteiger partial charge in [-0.3, -0.25) is 4.99 Å². The lowest BCUT2D eigenvalue weighted by molar-refractivity contribution is 0.772. The molecule has 10 rings (SSSR count). The Bertz CT molecular complexity index is 3170. The van der Waals surface area contributed by atoms with Gasteiger partial charge < -0.3 is 4.57 Å². The Morgan fingerprint density at radius 2 is 1.25 bits per heavy atom. The number of aromatic nitrogens is 1. The molecule has 0 fully saturated rings. The highest BCUT2D eigenvalue weighted by atomic mass is 15.0. The molecule has 9 aromatic rings. The van der Waals surface area contributed by atoms with Crippen LogP contribution in [0.4, 0.5) is 0 Å². The number of allylic oxidation sites excluding steroid dienone is 2. The lowest BCUT2D eigenvalue weighted by atomic mass is 9.67. The maximum atomic E-state index is 9.58. The van der Waals surface area contributed by atoms with E-state index in [1.807, 2.05) is 48.7 Å². The van der Waals surface area contributed by atoms with Gasteiger partial charge in [-0.25, -0.2) is 0 Å². The minimum absolute atomic E-state index is 0.572. The van der Waals surface area contributed by atoms with E-state index in [1.165, 1.54) is 49.7 Å². The first-order valence-corrected chi connectivity index (χ1v) is 19.8. The monoisotopic (exact) mass is 751 g/mol. The molecule has 3 heteroatoms. The Balaban J connectivity index is 1.20. The molecule has 276 valence electrons. The van der Waals surface area contributed by atoms with Gasteiger partial charge in [0.15, 0.2) is 0 Å². The van der Waals surface area contributed by atoms with Gasteiger partial charge in [0.25, 0.3) is 0 Å². The second-order valence-corrected chi connectivity index (χ2v) is 14.8. The summed E-state index contributed by atoms with van der Waals surface area (Å²) in [6.45, 7) is 3.99. The zero-order chi connectivity index (χ0) is 39.8. The highest BCUT2D eigenvalue weighted by Gasteiger charge is 2.48. The van der Waals surface area contributed by atoms with Gasteiger partial charge in [0.1, 0.15) is 0 Å². The number of hydrogen-bond acceptors (Lipinski definition) is 2. The predicted octanol–water partition coefficient (Wildman–Crippen LogP) is 13.3. The SMILES string of the molecule is C=C=C(/C=C(\N=Cc1cccc(-n2c3ccccc3c3ccc4c(c32)C(c2ccccc2)(c2ccccc2)c2ccccc2-4)c1)c1ccccc1)c1cccc(C#N)c1. The predicted molar refractivity (Wildman–Crippen MR) is 244 cm³/mol. The fourth-order valence-corrected chi connectivity index (χ4v) is 9.07. The van der Waals surface area contributed by atoms with Gasteiger partial charge in [0, 0.05) is 39.4 Å². The summed E-state index contributed by atoms with van der Waals surface area (Å²) >= 11 is 0. The molecule has 1 aromatic heterocycles. The topological polar surface area (TPSA) is 41.1 Å². The van der Waals surface area contributed by atoms with Crippen molar-refractivity contribution in [2.75, 3.05) is 0 Å². The maximum absolute atomic E-state index is 9.58. The van der Waals surface area contributed by atoms with Crippen molar-refractivity contribution in [2.24, 2.45) is 4.99 Å². The molecule has 59 heavy (non-hydrogen) atoms. The summed E-state index contributed by atoms with van der Waals surface area (Å²) in [6, 6.07) is 72.8. The molecule has 0 radical (unpaired) electrons. The van der Waals surface area contributed by atoms with Crippen molar-refractivity contribution in [1.29, 1.82) is 5.26 Å². The first kappa shape index (κ1) is 35.4. The van der Waals surface area contributed by atoms with E-state index in [2.05, 4.69) is 181 Å². The number of nitrogens with zero attached hydrogens (tertiary/aromatic N) is 3. The molecular formula is C56H37N3. The van der Waals surface area contributed by atoms with Crippen LogP contribution in [0.25, 0.3) is 49.9 Å². The van der Waals surface area contributed by atoms with Gasteiger partial charge in [-0.2, -0.15) is 5.26 Å². The number of para-hydroxylation sites is 1. The van der Waals surface area contributed by atoms with Crippen LogP contribution in [0.5, 0.6) is 0 Å². The Kier molecular flexibility index (Phi) is 8.89. The van der Waals surface area contributed by atoms with Crippen LogP contribution >= 0.6 is 0 Å². The van der Waals surface area contributed by atoms with Crippen molar-refractivity contribution in [3.63, 3.8) is 0 Å². The fourth-order valence-electron chi connectivity index (χ4n) is 9.07. The minimum Gasteiger partial charge on any atom is -0.309 e. The summed E-state index contributed by atoms with van der Waals surface area (Å²) in [5.41, 5.74) is 18.3. The van der Waals surface area contributed by atoms with Crippen LogP contribution in [0.2, 0.25) is 0 Å². The quantitative estimate of drug-likeness (QED) is 0.0866. The van der Waals surface area contributed by atoms with Gasteiger partial charge in [0.05, 0.1) is 33.8 Å². The standard InChI is InChI=1S/C56H37N3/c1-2-41(43-22-16-18-39(34-43)37-57)36-52(42-20-6-3-7-21-42)58-38-40-19-17-27-46(35-40)59-53-31-15-13-29-48(53)50-33-32-49-47-28-12-14-30-51(47)56(54(49)55(50)59,44-23-8-4-9-24-44)45-25-10-5-11-26-45/h3-36,38H,1H2/b52-36-,58-38?. The third kappa shape index (κ3) is 5.87. The molecule has 1 aliphatic rings. The van der Waals surface area contributed by atoms with Gasteiger partial charge in [0.2, 0.25) is 0 Å². The van der Waals surface area contributed by atoms with Crippen LogP contribution in [-0.2, 0) is 5.41 Å². The largest absolute Gasteiger partial charge is 0.309 e. The Hall–Kier alpha value is -8.02. The molecule has 8 aromatic carbocycles. The molecule has 0 bridgehead atoms. The molecule has 0 saturated carbocycles. The van der Waals surface area contributed by atoms with E-state index in [-0.39, 0.29) is 0 Å². The first-order chi connectivity index (χ1) is 29.2. The Morgan fingerprint density at radius 1 is 0.593 bits per heavy atom. The number of rotatable bonds is 8. The summed E-state index contributed by atoms with van der Waals surface area (Å²) < 4.78 is 2.46. The van der Waals surface area contributed by atoms with Crippen LogP contribution in [0.15, 0.2) is 224 Å². The van der Waals surface area contributed by atoms with Crippen LogP contribution in [-0.4, -0.2) is 10.8 Å². The van der Waals surface area contributed by atoms with Gasteiger partial charge in [-0.1, -0.05) is 176 Å². The zero-order valence-electron chi connectivity index (χ0n) is 32.3. The molecule has 3 nitrogen and oxygen atoms in total. The average molecular weight is 752 g/mol. The lowest BCUT2D eigenvalue weighted by Gasteiger charge is -2.34. The summed E-state index contributed by atoms with van der Waals surface area (Å²) in [5, 5.41) is 12.0. The second-order valence-electron chi connectivity index (χ2n) is 14.8. The number of benzene rings is 8. The van der Waals surface area contributed by atoms with Crippen molar-refractivity contribution in [1.82, 2.24) is 4.57 Å². The Morgan fingerprint density at radius 3 is 2.00 bits per heavy atom. The van der Waals surface area contributed by atoms with Crippen LogP contribution in [0.3, 0.4) is 0 Å². The van der Waals surface area contributed by atoms with Crippen LogP contribution in [0, 0.1) is 11.3 Å².